The van der Waals surface area contributed by atoms with Gasteiger partial charge in [-0.1, -0.05) is 31.5 Å². The quantitative estimate of drug-likeness (QED) is 0.752. The number of halogens is 2. The minimum Gasteiger partial charge on any atom is -0.336 e. The molecule has 160 valence electrons. The highest BCUT2D eigenvalue weighted by molar-refractivity contribution is 6.32. The van der Waals surface area contributed by atoms with Gasteiger partial charge in [-0.25, -0.2) is 4.39 Å². The zero-order valence-electron chi connectivity index (χ0n) is 17.4. The second-order valence-electron chi connectivity index (χ2n) is 7.39. The van der Waals surface area contributed by atoms with Crippen LogP contribution in [0.5, 0.6) is 0 Å². The minimum atomic E-state index is -0.362. The fourth-order valence-electron chi connectivity index (χ4n) is 3.73. The molecule has 2 aromatic rings. The van der Waals surface area contributed by atoms with Crippen molar-refractivity contribution in [3.63, 3.8) is 0 Å². The zero-order valence-corrected chi connectivity index (χ0v) is 18.1. The molecule has 1 aliphatic heterocycles. The number of nitrogens with zero attached hydrogens (tertiary/aromatic N) is 2. The third-order valence-corrected chi connectivity index (χ3v) is 5.81. The van der Waals surface area contributed by atoms with E-state index in [9.17, 15) is 14.0 Å². The summed E-state index contributed by atoms with van der Waals surface area (Å²) in [7, 11) is 0. The number of hydrogen-bond acceptors (Lipinski definition) is 3. The number of anilines is 1. The fraction of sp³-hybridized carbons (Fsp3) is 0.391. The summed E-state index contributed by atoms with van der Waals surface area (Å²) in [5.41, 5.74) is 3.32. The van der Waals surface area contributed by atoms with E-state index in [2.05, 4.69) is 12.2 Å². The summed E-state index contributed by atoms with van der Waals surface area (Å²) in [4.78, 5) is 29.0. The van der Waals surface area contributed by atoms with Gasteiger partial charge in [0.15, 0.2) is 0 Å². The molecule has 7 heteroatoms. The van der Waals surface area contributed by atoms with Crippen LogP contribution in [0.4, 0.5) is 10.1 Å². The van der Waals surface area contributed by atoms with Gasteiger partial charge in [-0.15, -0.1) is 0 Å². The number of rotatable bonds is 6. The van der Waals surface area contributed by atoms with Gasteiger partial charge in [-0.05, 0) is 54.3 Å². The maximum Gasteiger partial charge on any atom is 0.253 e. The van der Waals surface area contributed by atoms with E-state index in [4.69, 9.17) is 11.6 Å². The molecule has 0 spiro atoms. The molecule has 1 fully saturated rings. The molecule has 0 aliphatic carbocycles. The standard InChI is InChI=1S/C23H27ClFN3O2/c1-3-16-7-10-20(24)19(4-2)22(16)26-21(29)15-27-11-13-28(14-12-27)23(30)17-5-8-18(25)9-6-17/h5-10H,3-4,11-15H2,1-2H3,(H,26,29). The first-order valence-corrected chi connectivity index (χ1v) is 10.7. The molecule has 1 N–H and O–H groups in total. The van der Waals surface area contributed by atoms with Crippen LogP contribution in [0.25, 0.3) is 0 Å². The van der Waals surface area contributed by atoms with E-state index in [1.165, 1.54) is 24.3 Å². The summed E-state index contributed by atoms with van der Waals surface area (Å²) >= 11 is 6.32. The summed E-state index contributed by atoms with van der Waals surface area (Å²) < 4.78 is 13.1. The second-order valence-corrected chi connectivity index (χ2v) is 7.80. The predicted octanol–water partition coefficient (Wildman–Crippen LogP) is 4.00. The first-order chi connectivity index (χ1) is 14.4. The van der Waals surface area contributed by atoms with Gasteiger partial charge in [0, 0.05) is 42.5 Å². The molecule has 30 heavy (non-hydrogen) atoms. The Bertz CT molecular complexity index is 909. The average Bonchev–Trinajstić information content (AvgIpc) is 2.75. The summed E-state index contributed by atoms with van der Waals surface area (Å²) in [6, 6.07) is 9.42. The molecule has 2 amide bonds. The lowest BCUT2D eigenvalue weighted by molar-refractivity contribution is -0.117. The number of hydrogen-bond donors (Lipinski definition) is 1. The summed E-state index contributed by atoms with van der Waals surface area (Å²) in [5.74, 6) is -0.558. The fourth-order valence-corrected chi connectivity index (χ4v) is 4.02. The predicted molar refractivity (Wildman–Crippen MR) is 118 cm³/mol. The van der Waals surface area contributed by atoms with Crippen molar-refractivity contribution in [1.29, 1.82) is 0 Å². The largest absolute Gasteiger partial charge is 0.336 e. The van der Waals surface area contributed by atoms with Crippen molar-refractivity contribution in [2.24, 2.45) is 0 Å². The third-order valence-electron chi connectivity index (χ3n) is 5.46. The topological polar surface area (TPSA) is 52.7 Å². The number of piperazine rings is 1. The zero-order chi connectivity index (χ0) is 21.7. The average molecular weight is 432 g/mol. The van der Waals surface area contributed by atoms with Crippen molar-refractivity contribution in [1.82, 2.24) is 9.80 Å². The Balaban J connectivity index is 1.57. The van der Waals surface area contributed by atoms with Crippen LogP contribution in [0.2, 0.25) is 5.02 Å². The molecule has 1 saturated heterocycles. The lowest BCUT2D eigenvalue weighted by atomic mass is 10.0. The van der Waals surface area contributed by atoms with E-state index in [-0.39, 0.29) is 24.2 Å². The molecule has 3 rings (SSSR count). The van der Waals surface area contributed by atoms with Crippen molar-refractivity contribution in [3.8, 4) is 0 Å². The first kappa shape index (κ1) is 22.2. The van der Waals surface area contributed by atoms with Crippen LogP contribution in [0.1, 0.15) is 35.3 Å². The molecule has 0 saturated carbocycles. The number of benzene rings is 2. The molecule has 0 atom stereocenters. The van der Waals surface area contributed by atoms with E-state index < -0.39 is 0 Å². The van der Waals surface area contributed by atoms with Crippen LogP contribution in [0, 0.1) is 5.82 Å². The Hall–Kier alpha value is -2.44. The minimum absolute atomic E-state index is 0.0834. The number of amides is 2. The van der Waals surface area contributed by atoms with Gasteiger partial charge in [0.1, 0.15) is 5.82 Å². The highest BCUT2D eigenvalue weighted by Gasteiger charge is 2.24. The first-order valence-electron chi connectivity index (χ1n) is 10.3. The Morgan fingerprint density at radius 1 is 1.00 bits per heavy atom. The third kappa shape index (κ3) is 5.18. The van der Waals surface area contributed by atoms with E-state index >= 15 is 0 Å². The smallest absolute Gasteiger partial charge is 0.253 e. The summed E-state index contributed by atoms with van der Waals surface area (Å²) in [5, 5.41) is 3.72. The van der Waals surface area contributed by atoms with Gasteiger partial charge < -0.3 is 10.2 Å². The van der Waals surface area contributed by atoms with E-state index in [1.54, 1.807) is 4.90 Å². The Labute approximate surface area is 181 Å². The van der Waals surface area contributed by atoms with Crippen LogP contribution in [-0.4, -0.2) is 54.3 Å². The molecular formula is C23H27ClFN3O2. The maximum absolute atomic E-state index is 13.1. The second kappa shape index (κ2) is 10.0. The normalized spacial score (nSPS) is 14.6. The van der Waals surface area contributed by atoms with Gasteiger partial charge in [0.05, 0.1) is 6.54 Å². The van der Waals surface area contributed by atoms with Crippen LogP contribution >= 0.6 is 11.6 Å². The van der Waals surface area contributed by atoms with Crippen molar-refractivity contribution < 1.29 is 14.0 Å². The monoisotopic (exact) mass is 431 g/mol. The summed E-state index contributed by atoms with van der Waals surface area (Å²) in [6.45, 7) is 6.61. The Morgan fingerprint density at radius 3 is 2.27 bits per heavy atom. The molecule has 0 radical (unpaired) electrons. The van der Waals surface area contributed by atoms with Crippen molar-refractivity contribution >= 4 is 29.1 Å². The number of nitrogens with one attached hydrogen (secondary N) is 1. The van der Waals surface area contributed by atoms with Crippen LogP contribution in [0.3, 0.4) is 0 Å². The van der Waals surface area contributed by atoms with Crippen LogP contribution < -0.4 is 5.32 Å². The Morgan fingerprint density at radius 2 is 1.67 bits per heavy atom. The molecule has 0 unspecified atom stereocenters. The highest BCUT2D eigenvalue weighted by Crippen LogP contribution is 2.29. The number of carbonyl (C=O) groups excluding carboxylic acids is 2. The number of aryl methyl sites for hydroxylation is 1. The summed E-state index contributed by atoms with van der Waals surface area (Å²) in [6.07, 6.45) is 1.55. The van der Waals surface area contributed by atoms with Gasteiger partial charge in [0.2, 0.25) is 5.91 Å². The number of carbonyl (C=O) groups is 2. The lowest BCUT2D eigenvalue weighted by Gasteiger charge is -2.34. The van der Waals surface area contributed by atoms with Crippen molar-refractivity contribution in [3.05, 3.63) is 63.9 Å². The van der Waals surface area contributed by atoms with E-state index in [0.717, 1.165) is 29.7 Å². The van der Waals surface area contributed by atoms with Crippen molar-refractivity contribution in [2.45, 2.75) is 26.7 Å². The molecule has 1 heterocycles. The molecular weight excluding hydrogens is 405 g/mol. The molecule has 0 bridgehead atoms. The van der Waals surface area contributed by atoms with Gasteiger partial charge in [-0.3, -0.25) is 14.5 Å². The molecule has 5 nitrogen and oxygen atoms in total. The van der Waals surface area contributed by atoms with E-state index in [1.807, 2.05) is 24.0 Å². The SMILES string of the molecule is CCc1ccc(Cl)c(CC)c1NC(=O)CN1CCN(C(=O)c2ccc(F)cc2)CC1. The van der Waals surface area contributed by atoms with Crippen LogP contribution in [0.15, 0.2) is 36.4 Å². The maximum atomic E-state index is 13.1. The van der Waals surface area contributed by atoms with Gasteiger partial charge in [0.25, 0.3) is 5.91 Å². The molecule has 2 aromatic carbocycles. The molecule has 1 aliphatic rings. The highest BCUT2D eigenvalue weighted by atomic mass is 35.5. The van der Waals surface area contributed by atoms with Gasteiger partial charge in [-0.2, -0.15) is 0 Å². The van der Waals surface area contributed by atoms with Gasteiger partial charge >= 0.3 is 0 Å². The van der Waals surface area contributed by atoms with Crippen LogP contribution in [-0.2, 0) is 17.6 Å². The van der Waals surface area contributed by atoms with Crippen molar-refractivity contribution in [2.75, 3.05) is 38.0 Å². The lowest BCUT2D eigenvalue weighted by Crippen LogP contribution is -2.50. The van der Waals surface area contributed by atoms with E-state index in [0.29, 0.717) is 36.8 Å². The Kier molecular flexibility index (Phi) is 7.45. The molecule has 0 aromatic heterocycles.